The van der Waals surface area contributed by atoms with Crippen LogP contribution in [0.2, 0.25) is 0 Å². The molecule has 0 spiro atoms. The minimum absolute atomic E-state index is 0.388. The number of hydrogen-bond donors (Lipinski definition) is 2. The third-order valence-corrected chi connectivity index (χ3v) is 3.45. The van der Waals surface area contributed by atoms with Gasteiger partial charge in [0.25, 0.3) is 0 Å². The van der Waals surface area contributed by atoms with Gasteiger partial charge in [-0.2, -0.15) is 0 Å². The summed E-state index contributed by atoms with van der Waals surface area (Å²) in [5.41, 5.74) is 9.77. The first-order valence-corrected chi connectivity index (χ1v) is 6.98. The highest BCUT2D eigenvalue weighted by Gasteiger charge is 2.14. The molecule has 0 amide bonds. The van der Waals surface area contributed by atoms with Gasteiger partial charge in [0.2, 0.25) is 0 Å². The molecule has 0 aliphatic rings. The molecule has 0 fully saturated rings. The van der Waals surface area contributed by atoms with Crippen LogP contribution in [0.15, 0.2) is 22.9 Å². The summed E-state index contributed by atoms with van der Waals surface area (Å²) in [6, 6.07) is 6.10. The minimum atomic E-state index is 0.388. The summed E-state index contributed by atoms with van der Waals surface area (Å²) in [5, 5.41) is 0. The zero-order valence-corrected chi connectivity index (χ0v) is 12.9. The van der Waals surface area contributed by atoms with Gasteiger partial charge in [0.15, 0.2) is 4.73 Å². The summed E-state index contributed by atoms with van der Waals surface area (Å²) >= 11 is 3.35. The lowest BCUT2D eigenvalue weighted by molar-refractivity contribution is 0.407. The Balaban J connectivity index is 2.53. The molecule has 0 aliphatic carbocycles. The topological polar surface area (TPSA) is 63.9 Å². The Morgan fingerprint density at radius 1 is 1.42 bits per heavy atom. The molecule has 5 heteroatoms. The fourth-order valence-electron chi connectivity index (χ4n) is 2.10. The normalized spacial score (nSPS) is 11.1. The molecule has 0 saturated heterocycles. The van der Waals surface area contributed by atoms with Gasteiger partial charge in [-0.15, -0.1) is 0 Å². The third-order valence-electron chi connectivity index (χ3n) is 3.08. The van der Waals surface area contributed by atoms with E-state index < -0.39 is 0 Å². The van der Waals surface area contributed by atoms with Gasteiger partial charge in [-0.3, -0.25) is 0 Å². The SMILES string of the molecule is COc1ccc(-c2nc(Br)[nH]c2CN)cc1C(C)C. The van der Waals surface area contributed by atoms with Crippen molar-refractivity contribution in [2.45, 2.75) is 26.3 Å². The standard InChI is InChI=1S/C14H18BrN3O/c1-8(2)10-6-9(4-5-12(10)19-3)13-11(7-16)17-14(15)18-13/h4-6,8H,7,16H2,1-3H3,(H,17,18). The number of H-pyrrole nitrogens is 1. The Labute approximate surface area is 121 Å². The molecule has 0 saturated carbocycles. The average Bonchev–Trinajstić information content (AvgIpc) is 2.79. The van der Waals surface area contributed by atoms with Crippen LogP contribution in [0.25, 0.3) is 11.3 Å². The number of nitrogens with one attached hydrogen (secondary N) is 1. The summed E-state index contributed by atoms with van der Waals surface area (Å²) in [6.45, 7) is 4.72. The van der Waals surface area contributed by atoms with Crippen molar-refractivity contribution in [2.24, 2.45) is 5.73 Å². The van der Waals surface area contributed by atoms with Crippen molar-refractivity contribution in [3.05, 3.63) is 34.2 Å². The van der Waals surface area contributed by atoms with Crippen LogP contribution in [0.3, 0.4) is 0 Å². The molecule has 1 heterocycles. The van der Waals surface area contributed by atoms with E-state index in [4.69, 9.17) is 10.5 Å². The molecule has 3 N–H and O–H groups in total. The smallest absolute Gasteiger partial charge is 0.175 e. The molecule has 4 nitrogen and oxygen atoms in total. The highest BCUT2D eigenvalue weighted by molar-refractivity contribution is 9.10. The maximum atomic E-state index is 5.74. The van der Waals surface area contributed by atoms with E-state index in [1.165, 1.54) is 5.56 Å². The Kier molecular flexibility index (Phi) is 4.27. The summed E-state index contributed by atoms with van der Waals surface area (Å²) in [4.78, 5) is 7.57. The van der Waals surface area contributed by atoms with Crippen LogP contribution in [0.4, 0.5) is 0 Å². The quantitative estimate of drug-likeness (QED) is 0.906. The summed E-state index contributed by atoms with van der Waals surface area (Å²) in [7, 11) is 1.69. The maximum absolute atomic E-state index is 5.74. The van der Waals surface area contributed by atoms with E-state index in [0.29, 0.717) is 17.2 Å². The van der Waals surface area contributed by atoms with Crippen LogP contribution in [0.1, 0.15) is 31.0 Å². The third kappa shape index (κ3) is 2.82. The lowest BCUT2D eigenvalue weighted by atomic mass is 9.98. The van der Waals surface area contributed by atoms with E-state index in [9.17, 15) is 0 Å². The van der Waals surface area contributed by atoms with Gasteiger partial charge in [0, 0.05) is 12.1 Å². The first-order chi connectivity index (χ1) is 9.06. The Hall–Kier alpha value is -1.33. The second kappa shape index (κ2) is 5.75. The molecule has 1 aromatic heterocycles. The highest BCUT2D eigenvalue weighted by atomic mass is 79.9. The van der Waals surface area contributed by atoms with E-state index in [-0.39, 0.29) is 0 Å². The lowest BCUT2D eigenvalue weighted by Crippen LogP contribution is -2.00. The number of nitrogens with two attached hydrogens (primary N) is 1. The van der Waals surface area contributed by atoms with Crippen molar-refractivity contribution in [1.82, 2.24) is 9.97 Å². The van der Waals surface area contributed by atoms with E-state index in [2.05, 4.69) is 45.8 Å². The fraction of sp³-hybridized carbons (Fsp3) is 0.357. The maximum Gasteiger partial charge on any atom is 0.175 e. The minimum Gasteiger partial charge on any atom is -0.496 e. The zero-order valence-electron chi connectivity index (χ0n) is 11.3. The van der Waals surface area contributed by atoms with Crippen molar-refractivity contribution in [2.75, 3.05) is 7.11 Å². The summed E-state index contributed by atoms with van der Waals surface area (Å²) in [5.74, 6) is 1.29. The number of aromatic nitrogens is 2. The molecule has 0 aliphatic heterocycles. The number of hydrogen-bond acceptors (Lipinski definition) is 3. The number of imidazole rings is 1. The number of halogens is 1. The van der Waals surface area contributed by atoms with Crippen molar-refractivity contribution < 1.29 is 4.74 Å². The number of aromatic amines is 1. The summed E-state index contributed by atoms with van der Waals surface area (Å²) in [6.07, 6.45) is 0. The Morgan fingerprint density at radius 2 is 2.16 bits per heavy atom. The molecule has 1 aromatic carbocycles. The molecule has 0 unspecified atom stereocenters. The van der Waals surface area contributed by atoms with Gasteiger partial charge in [0.05, 0.1) is 18.5 Å². The van der Waals surface area contributed by atoms with Crippen LogP contribution >= 0.6 is 15.9 Å². The molecule has 19 heavy (non-hydrogen) atoms. The van der Waals surface area contributed by atoms with Gasteiger partial charge in [-0.25, -0.2) is 4.98 Å². The van der Waals surface area contributed by atoms with E-state index in [0.717, 1.165) is 22.7 Å². The number of benzene rings is 1. The highest BCUT2D eigenvalue weighted by Crippen LogP contribution is 2.32. The van der Waals surface area contributed by atoms with E-state index in [1.807, 2.05) is 12.1 Å². The Bertz CT molecular complexity index is 578. The molecular weight excluding hydrogens is 306 g/mol. The molecule has 0 bridgehead atoms. The largest absolute Gasteiger partial charge is 0.496 e. The number of methoxy groups -OCH3 is 1. The fourth-order valence-corrected chi connectivity index (χ4v) is 2.51. The number of nitrogens with zero attached hydrogens (tertiary/aromatic N) is 1. The van der Waals surface area contributed by atoms with Crippen molar-refractivity contribution in [3.8, 4) is 17.0 Å². The molecule has 102 valence electrons. The van der Waals surface area contributed by atoms with Gasteiger partial charge in [0.1, 0.15) is 5.75 Å². The second-order valence-electron chi connectivity index (χ2n) is 4.67. The predicted molar refractivity (Wildman–Crippen MR) is 80.3 cm³/mol. The van der Waals surface area contributed by atoms with Gasteiger partial charge in [-0.05, 0) is 45.6 Å². The van der Waals surface area contributed by atoms with Gasteiger partial charge >= 0.3 is 0 Å². The van der Waals surface area contributed by atoms with E-state index >= 15 is 0 Å². The van der Waals surface area contributed by atoms with Crippen molar-refractivity contribution in [1.29, 1.82) is 0 Å². The summed E-state index contributed by atoms with van der Waals surface area (Å²) < 4.78 is 6.10. The predicted octanol–water partition coefficient (Wildman–Crippen LogP) is 3.43. The molecule has 2 rings (SSSR count). The molecular formula is C14H18BrN3O. The molecule has 0 atom stereocenters. The first kappa shape index (κ1) is 14.1. The monoisotopic (exact) mass is 323 g/mol. The Morgan fingerprint density at radius 3 is 2.74 bits per heavy atom. The second-order valence-corrected chi connectivity index (χ2v) is 5.42. The van der Waals surface area contributed by atoms with E-state index in [1.54, 1.807) is 7.11 Å². The molecule has 0 radical (unpaired) electrons. The average molecular weight is 324 g/mol. The van der Waals surface area contributed by atoms with Crippen molar-refractivity contribution >= 4 is 15.9 Å². The van der Waals surface area contributed by atoms with Gasteiger partial charge in [-0.1, -0.05) is 13.8 Å². The number of rotatable bonds is 4. The zero-order chi connectivity index (χ0) is 14.0. The number of ether oxygens (including phenoxy) is 1. The van der Waals surface area contributed by atoms with Crippen LogP contribution in [-0.2, 0) is 6.54 Å². The van der Waals surface area contributed by atoms with Crippen LogP contribution in [-0.4, -0.2) is 17.1 Å². The van der Waals surface area contributed by atoms with Crippen LogP contribution < -0.4 is 10.5 Å². The van der Waals surface area contributed by atoms with Crippen LogP contribution in [0, 0.1) is 0 Å². The van der Waals surface area contributed by atoms with Crippen LogP contribution in [0.5, 0.6) is 5.75 Å². The lowest BCUT2D eigenvalue weighted by Gasteiger charge is -2.13. The van der Waals surface area contributed by atoms with Crippen molar-refractivity contribution in [3.63, 3.8) is 0 Å². The molecule has 2 aromatic rings. The van der Waals surface area contributed by atoms with Gasteiger partial charge < -0.3 is 15.5 Å². The first-order valence-electron chi connectivity index (χ1n) is 6.19.